The van der Waals surface area contributed by atoms with E-state index < -0.39 is 0 Å². The van der Waals surface area contributed by atoms with Gasteiger partial charge < -0.3 is 9.88 Å². The van der Waals surface area contributed by atoms with Gasteiger partial charge in [0.1, 0.15) is 5.56 Å². The van der Waals surface area contributed by atoms with Crippen LogP contribution in [-0.4, -0.2) is 10.5 Å². The molecule has 0 aliphatic carbocycles. The molecule has 1 amide bonds. The van der Waals surface area contributed by atoms with Crippen LogP contribution in [0.4, 0.5) is 5.69 Å². The summed E-state index contributed by atoms with van der Waals surface area (Å²) in [6.45, 7) is 7.78. The largest absolute Gasteiger partial charge is 0.322 e. The summed E-state index contributed by atoms with van der Waals surface area (Å²) < 4.78 is 1.50. The summed E-state index contributed by atoms with van der Waals surface area (Å²) >= 11 is 0. The summed E-state index contributed by atoms with van der Waals surface area (Å²) in [6.07, 6.45) is 0. The summed E-state index contributed by atoms with van der Waals surface area (Å²) in [6, 6.07) is 9.52. The van der Waals surface area contributed by atoms with E-state index in [0.717, 1.165) is 16.9 Å². The third-order valence-electron chi connectivity index (χ3n) is 3.93. The van der Waals surface area contributed by atoms with E-state index in [9.17, 15) is 9.59 Å². The minimum atomic E-state index is -0.355. The first-order valence-electron chi connectivity index (χ1n) is 7.40. The molecule has 22 heavy (non-hydrogen) atoms. The van der Waals surface area contributed by atoms with Crippen LogP contribution in [0.2, 0.25) is 0 Å². The standard InChI is InChI=1S/C18H22N2O2/c1-11(2)14-8-6-7-9-15(14)19-17(21)16-12(3)10-13(4)20(5)18(16)22/h6-11H,1-5H3,(H,19,21). The van der Waals surface area contributed by atoms with Gasteiger partial charge in [-0.05, 0) is 43.0 Å². The highest BCUT2D eigenvalue weighted by Gasteiger charge is 2.17. The molecule has 1 aromatic heterocycles. The van der Waals surface area contributed by atoms with Gasteiger partial charge in [0.05, 0.1) is 0 Å². The number of nitrogens with one attached hydrogen (secondary N) is 1. The van der Waals surface area contributed by atoms with Gasteiger partial charge in [0, 0.05) is 18.4 Å². The summed E-state index contributed by atoms with van der Waals surface area (Å²) in [4.78, 5) is 24.9. The van der Waals surface area contributed by atoms with Crippen molar-refractivity contribution < 1.29 is 4.79 Å². The molecule has 0 unspecified atom stereocenters. The van der Waals surface area contributed by atoms with Crippen LogP contribution in [0.3, 0.4) is 0 Å². The quantitative estimate of drug-likeness (QED) is 0.944. The van der Waals surface area contributed by atoms with Crippen LogP contribution in [0.15, 0.2) is 35.1 Å². The van der Waals surface area contributed by atoms with Gasteiger partial charge in [-0.3, -0.25) is 9.59 Å². The average Bonchev–Trinajstić information content (AvgIpc) is 2.45. The van der Waals surface area contributed by atoms with Crippen molar-refractivity contribution in [1.29, 1.82) is 0 Å². The van der Waals surface area contributed by atoms with Crippen molar-refractivity contribution >= 4 is 11.6 Å². The summed E-state index contributed by atoms with van der Waals surface area (Å²) in [7, 11) is 1.68. The molecule has 2 aromatic rings. The second-order valence-corrected chi connectivity index (χ2v) is 5.90. The van der Waals surface area contributed by atoms with E-state index in [0.29, 0.717) is 11.5 Å². The number of aromatic nitrogens is 1. The lowest BCUT2D eigenvalue weighted by Gasteiger charge is -2.15. The molecule has 1 aromatic carbocycles. The number of benzene rings is 1. The fourth-order valence-electron chi connectivity index (χ4n) is 2.55. The molecule has 0 radical (unpaired) electrons. The minimum absolute atomic E-state index is 0.201. The van der Waals surface area contributed by atoms with E-state index in [4.69, 9.17) is 0 Å². The first kappa shape index (κ1) is 16.0. The molecule has 1 heterocycles. The predicted molar refractivity (Wildman–Crippen MR) is 89.6 cm³/mol. The summed E-state index contributed by atoms with van der Waals surface area (Å²) in [5, 5.41) is 2.88. The molecule has 0 aliphatic heterocycles. The highest BCUT2D eigenvalue weighted by atomic mass is 16.2. The molecule has 0 atom stereocenters. The van der Waals surface area contributed by atoms with Crippen molar-refractivity contribution in [2.45, 2.75) is 33.6 Å². The molecule has 0 fully saturated rings. The number of hydrogen-bond donors (Lipinski definition) is 1. The molecule has 4 heteroatoms. The molecule has 116 valence electrons. The molecule has 4 nitrogen and oxygen atoms in total. The van der Waals surface area contributed by atoms with Crippen molar-refractivity contribution in [2.75, 3.05) is 5.32 Å². The van der Waals surface area contributed by atoms with E-state index in [1.165, 1.54) is 4.57 Å². The van der Waals surface area contributed by atoms with E-state index >= 15 is 0 Å². The molecule has 1 N–H and O–H groups in total. The lowest BCUT2D eigenvalue weighted by Crippen LogP contribution is -2.30. The third kappa shape index (κ3) is 2.96. The predicted octanol–water partition coefficient (Wildman–Crippen LogP) is 3.38. The zero-order chi connectivity index (χ0) is 16.4. The zero-order valence-electron chi connectivity index (χ0n) is 13.7. The second kappa shape index (κ2) is 6.18. The number of aryl methyl sites for hydroxylation is 2. The van der Waals surface area contributed by atoms with Gasteiger partial charge in [-0.15, -0.1) is 0 Å². The molecule has 2 rings (SSSR count). The number of hydrogen-bond acceptors (Lipinski definition) is 2. The first-order valence-corrected chi connectivity index (χ1v) is 7.40. The molecule has 0 spiro atoms. The third-order valence-corrected chi connectivity index (χ3v) is 3.93. The van der Waals surface area contributed by atoms with E-state index in [-0.39, 0.29) is 17.0 Å². The highest BCUT2D eigenvalue weighted by molar-refractivity contribution is 6.05. The Kier molecular flexibility index (Phi) is 4.50. The normalized spacial score (nSPS) is 10.8. The minimum Gasteiger partial charge on any atom is -0.322 e. The van der Waals surface area contributed by atoms with Gasteiger partial charge in [0.25, 0.3) is 11.5 Å². The van der Waals surface area contributed by atoms with Crippen LogP contribution in [0, 0.1) is 13.8 Å². The number of rotatable bonds is 3. The van der Waals surface area contributed by atoms with Crippen LogP contribution in [0.1, 0.15) is 46.9 Å². The van der Waals surface area contributed by atoms with Gasteiger partial charge in [0.2, 0.25) is 0 Å². The van der Waals surface area contributed by atoms with E-state index in [2.05, 4.69) is 19.2 Å². The molecular weight excluding hydrogens is 276 g/mol. The van der Waals surface area contributed by atoms with Crippen LogP contribution in [0.5, 0.6) is 0 Å². The lowest BCUT2D eigenvalue weighted by molar-refractivity contribution is 0.102. The maximum atomic E-state index is 12.6. The number of amides is 1. The first-order chi connectivity index (χ1) is 10.3. The Hall–Kier alpha value is -2.36. The molecule has 0 aliphatic rings. The maximum absolute atomic E-state index is 12.6. The Labute approximate surface area is 130 Å². The Morgan fingerprint density at radius 1 is 1.18 bits per heavy atom. The van der Waals surface area contributed by atoms with Crippen LogP contribution < -0.4 is 10.9 Å². The number of nitrogens with zero attached hydrogens (tertiary/aromatic N) is 1. The summed E-state index contributed by atoms with van der Waals surface area (Å²) in [5.41, 5.74) is 3.27. The van der Waals surface area contributed by atoms with E-state index in [1.54, 1.807) is 14.0 Å². The number of para-hydroxylation sites is 1. The molecule has 0 saturated carbocycles. The number of carbonyl (C=O) groups is 1. The zero-order valence-corrected chi connectivity index (χ0v) is 13.7. The SMILES string of the molecule is Cc1cc(C)n(C)c(=O)c1C(=O)Nc1ccccc1C(C)C. The fraction of sp³-hybridized carbons (Fsp3) is 0.333. The monoisotopic (exact) mass is 298 g/mol. The maximum Gasteiger partial charge on any atom is 0.263 e. The molecule has 0 bridgehead atoms. The van der Waals surface area contributed by atoms with Gasteiger partial charge >= 0.3 is 0 Å². The van der Waals surface area contributed by atoms with Gasteiger partial charge in [0.15, 0.2) is 0 Å². The number of anilines is 1. The fourth-order valence-corrected chi connectivity index (χ4v) is 2.55. The lowest BCUT2D eigenvalue weighted by atomic mass is 10.0. The van der Waals surface area contributed by atoms with E-state index in [1.807, 2.05) is 37.3 Å². The van der Waals surface area contributed by atoms with Crippen LogP contribution >= 0.6 is 0 Å². The van der Waals surface area contributed by atoms with Gasteiger partial charge in [-0.1, -0.05) is 32.0 Å². The molecule has 0 saturated heterocycles. The van der Waals surface area contributed by atoms with Crippen molar-refractivity contribution in [3.63, 3.8) is 0 Å². The highest BCUT2D eigenvalue weighted by Crippen LogP contribution is 2.24. The Morgan fingerprint density at radius 3 is 2.45 bits per heavy atom. The Balaban J connectivity index is 2.44. The topological polar surface area (TPSA) is 51.1 Å². The van der Waals surface area contributed by atoms with Crippen LogP contribution in [-0.2, 0) is 7.05 Å². The van der Waals surface area contributed by atoms with Crippen LogP contribution in [0.25, 0.3) is 0 Å². The Morgan fingerprint density at radius 2 is 1.82 bits per heavy atom. The smallest absolute Gasteiger partial charge is 0.263 e. The van der Waals surface area contributed by atoms with Gasteiger partial charge in [-0.2, -0.15) is 0 Å². The second-order valence-electron chi connectivity index (χ2n) is 5.90. The number of carbonyl (C=O) groups excluding carboxylic acids is 1. The summed E-state index contributed by atoms with van der Waals surface area (Å²) in [5.74, 6) is -0.0651. The Bertz CT molecular complexity index is 773. The van der Waals surface area contributed by atoms with Crippen molar-refractivity contribution in [3.05, 3.63) is 63.1 Å². The van der Waals surface area contributed by atoms with Crippen molar-refractivity contribution in [1.82, 2.24) is 4.57 Å². The van der Waals surface area contributed by atoms with Crippen molar-refractivity contribution in [3.8, 4) is 0 Å². The molecular formula is C18H22N2O2. The number of pyridine rings is 1. The van der Waals surface area contributed by atoms with Crippen molar-refractivity contribution in [2.24, 2.45) is 7.05 Å². The average molecular weight is 298 g/mol. The van der Waals surface area contributed by atoms with Gasteiger partial charge in [-0.25, -0.2) is 0 Å².